The summed E-state index contributed by atoms with van der Waals surface area (Å²) in [5, 5.41) is 2.29. The first-order chi connectivity index (χ1) is 11.2. The summed E-state index contributed by atoms with van der Waals surface area (Å²) >= 11 is 0.0901. The maximum absolute atomic E-state index is 12.4. The molecule has 0 saturated heterocycles. The van der Waals surface area contributed by atoms with Crippen LogP contribution in [0.2, 0.25) is 0 Å². The number of carbonyl (C=O) groups is 1. The topological polar surface area (TPSA) is 56.5 Å². The molecule has 0 fully saturated rings. The minimum absolute atomic E-state index is 0.0901. The Balaban J connectivity index is 2.06. The van der Waals surface area contributed by atoms with Gasteiger partial charge in [0.1, 0.15) is 0 Å². The molecule has 0 saturated carbocycles. The van der Waals surface area contributed by atoms with Crippen LogP contribution < -0.4 is 5.63 Å². The van der Waals surface area contributed by atoms with Crippen LogP contribution in [-0.4, -0.2) is 27.1 Å². The van der Waals surface area contributed by atoms with Crippen LogP contribution in [0.5, 0.6) is 0 Å². The van der Waals surface area contributed by atoms with E-state index in [1.54, 1.807) is 19.1 Å². The molecule has 2 heterocycles. The normalized spacial score (nSPS) is 11.3. The molecular formula is C18H12O4Se. The van der Waals surface area contributed by atoms with E-state index in [4.69, 9.17) is 9.15 Å². The van der Waals surface area contributed by atoms with E-state index in [9.17, 15) is 9.59 Å². The zero-order valence-electron chi connectivity index (χ0n) is 12.3. The first-order valence-corrected chi connectivity index (χ1v) is 8.95. The molecule has 4 nitrogen and oxygen atoms in total. The van der Waals surface area contributed by atoms with Gasteiger partial charge in [-0.05, 0) is 0 Å². The molecule has 5 heteroatoms. The number of hydrogen-bond donors (Lipinski definition) is 0. The van der Waals surface area contributed by atoms with Gasteiger partial charge in [0.25, 0.3) is 0 Å². The Kier molecular flexibility index (Phi) is 3.33. The fraction of sp³-hybridized carbons (Fsp3) is 0.111. The maximum atomic E-state index is 12.4. The molecule has 0 spiro atoms. The van der Waals surface area contributed by atoms with Crippen molar-refractivity contribution in [2.75, 3.05) is 6.61 Å². The summed E-state index contributed by atoms with van der Waals surface area (Å²) in [7, 11) is 0. The molecule has 23 heavy (non-hydrogen) atoms. The van der Waals surface area contributed by atoms with Gasteiger partial charge in [0, 0.05) is 0 Å². The molecule has 114 valence electrons. The Morgan fingerprint density at radius 1 is 1.13 bits per heavy atom. The van der Waals surface area contributed by atoms with Crippen LogP contribution in [0.4, 0.5) is 0 Å². The van der Waals surface area contributed by atoms with E-state index in [1.165, 1.54) is 4.26 Å². The van der Waals surface area contributed by atoms with E-state index < -0.39 is 11.6 Å². The van der Waals surface area contributed by atoms with Crippen molar-refractivity contribution in [2.45, 2.75) is 6.92 Å². The van der Waals surface area contributed by atoms with E-state index >= 15 is 0 Å². The first kappa shape index (κ1) is 14.2. The molecule has 4 aromatic rings. The summed E-state index contributed by atoms with van der Waals surface area (Å²) in [4.78, 5) is 24.2. The summed E-state index contributed by atoms with van der Waals surface area (Å²) in [6, 6.07) is 13.1. The van der Waals surface area contributed by atoms with E-state index in [0.717, 1.165) is 15.0 Å². The van der Waals surface area contributed by atoms with Gasteiger partial charge in [-0.3, -0.25) is 0 Å². The number of rotatable bonds is 2. The van der Waals surface area contributed by atoms with E-state index in [-0.39, 0.29) is 14.5 Å². The number of ether oxygens (including phenoxy) is 1. The Labute approximate surface area is 137 Å². The Hall–Kier alpha value is -2.36. The summed E-state index contributed by atoms with van der Waals surface area (Å²) in [6.07, 6.45) is 0. The van der Waals surface area contributed by atoms with Gasteiger partial charge in [0.15, 0.2) is 0 Å². The summed E-state index contributed by atoms with van der Waals surface area (Å²) in [6.45, 7) is 2.05. The molecule has 0 atom stereocenters. The Morgan fingerprint density at radius 2 is 1.96 bits per heavy atom. The second-order valence-electron chi connectivity index (χ2n) is 5.13. The fourth-order valence-corrected chi connectivity index (χ4v) is 5.15. The van der Waals surface area contributed by atoms with Crippen molar-refractivity contribution in [3.05, 3.63) is 58.4 Å². The van der Waals surface area contributed by atoms with Crippen LogP contribution in [0, 0.1) is 0 Å². The summed E-state index contributed by atoms with van der Waals surface area (Å²) in [5.41, 5.74) is 0.619. The summed E-state index contributed by atoms with van der Waals surface area (Å²) < 4.78 is 12.8. The third-order valence-corrected chi connectivity index (χ3v) is 6.23. The van der Waals surface area contributed by atoms with Crippen LogP contribution in [-0.2, 0) is 4.74 Å². The summed E-state index contributed by atoms with van der Waals surface area (Å²) in [5.74, 6) is -0.428. The average Bonchev–Trinajstić information content (AvgIpc) is 2.94. The number of benzene rings is 2. The quantitative estimate of drug-likeness (QED) is 0.401. The molecule has 0 bridgehead atoms. The molecule has 0 unspecified atom stereocenters. The molecule has 0 N–H and O–H groups in total. The van der Waals surface area contributed by atoms with Gasteiger partial charge in [0.2, 0.25) is 0 Å². The standard InChI is InChI=1S/C18H12O4Se/c1-2-21-17(19)10-7-8-11-13(9-10)18(20)22-15-12-5-3-4-6-14(12)23-16(11)15/h3-9H,2H2,1H3. The van der Waals surface area contributed by atoms with Crippen molar-refractivity contribution in [3.8, 4) is 0 Å². The van der Waals surface area contributed by atoms with E-state index in [2.05, 4.69) is 6.07 Å². The van der Waals surface area contributed by atoms with Gasteiger partial charge in [-0.1, -0.05) is 0 Å². The molecule has 0 amide bonds. The molecule has 2 aromatic carbocycles. The minimum atomic E-state index is -0.428. The number of hydrogen-bond acceptors (Lipinski definition) is 4. The van der Waals surface area contributed by atoms with Crippen LogP contribution in [0.1, 0.15) is 17.3 Å². The van der Waals surface area contributed by atoms with Gasteiger partial charge >= 0.3 is 137 Å². The first-order valence-electron chi connectivity index (χ1n) is 7.24. The van der Waals surface area contributed by atoms with Crippen molar-refractivity contribution >= 4 is 50.7 Å². The monoisotopic (exact) mass is 372 g/mol. The van der Waals surface area contributed by atoms with Gasteiger partial charge in [-0.2, -0.15) is 0 Å². The van der Waals surface area contributed by atoms with Gasteiger partial charge in [-0.15, -0.1) is 0 Å². The molecule has 0 radical (unpaired) electrons. The van der Waals surface area contributed by atoms with Gasteiger partial charge < -0.3 is 0 Å². The zero-order chi connectivity index (χ0) is 16.0. The van der Waals surface area contributed by atoms with Gasteiger partial charge in [0.05, 0.1) is 0 Å². The van der Waals surface area contributed by atoms with Crippen molar-refractivity contribution in [1.29, 1.82) is 0 Å². The molecule has 0 aliphatic rings. The van der Waals surface area contributed by atoms with Crippen molar-refractivity contribution in [2.24, 2.45) is 0 Å². The third-order valence-electron chi connectivity index (χ3n) is 3.74. The van der Waals surface area contributed by atoms with Crippen molar-refractivity contribution in [1.82, 2.24) is 0 Å². The van der Waals surface area contributed by atoms with Crippen LogP contribution in [0.25, 0.3) is 30.3 Å². The second-order valence-corrected chi connectivity index (χ2v) is 7.33. The Morgan fingerprint density at radius 3 is 2.78 bits per heavy atom. The molecule has 2 aromatic heterocycles. The number of fused-ring (bicyclic) bond motifs is 5. The van der Waals surface area contributed by atoms with Crippen molar-refractivity contribution in [3.63, 3.8) is 0 Å². The van der Waals surface area contributed by atoms with Crippen molar-refractivity contribution < 1.29 is 13.9 Å². The van der Waals surface area contributed by atoms with E-state index in [1.807, 2.05) is 24.3 Å². The third kappa shape index (κ3) is 2.21. The molecule has 0 aliphatic carbocycles. The Bertz CT molecular complexity index is 1120. The average molecular weight is 371 g/mol. The number of esters is 1. The predicted molar refractivity (Wildman–Crippen MR) is 90.4 cm³/mol. The zero-order valence-corrected chi connectivity index (χ0v) is 14.0. The molecule has 0 aliphatic heterocycles. The molecular weight excluding hydrogens is 359 g/mol. The van der Waals surface area contributed by atoms with Crippen LogP contribution >= 0.6 is 0 Å². The molecule has 4 rings (SSSR count). The van der Waals surface area contributed by atoms with Gasteiger partial charge in [-0.25, -0.2) is 0 Å². The van der Waals surface area contributed by atoms with Crippen LogP contribution in [0.15, 0.2) is 51.7 Å². The number of carbonyl (C=O) groups excluding carboxylic acids is 1. The SMILES string of the molecule is CCOC(=O)c1ccc2c(c1)c(=O)oc1c3ccccc3[se]c21. The van der Waals surface area contributed by atoms with Crippen LogP contribution in [0.3, 0.4) is 0 Å². The fourth-order valence-electron chi connectivity index (χ4n) is 2.70. The van der Waals surface area contributed by atoms with E-state index in [0.29, 0.717) is 23.1 Å². The second kappa shape index (κ2) is 5.37. The predicted octanol–water partition coefficient (Wildman–Crippen LogP) is 3.33.